The van der Waals surface area contributed by atoms with Crippen LogP contribution in [0, 0.1) is 6.92 Å². The van der Waals surface area contributed by atoms with Gasteiger partial charge in [0.1, 0.15) is 0 Å². The Morgan fingerprint density at radius 1 is 1.50 bits per heavy atom. The molecule has 1 amide bonds. The molecule has 0 atom stereocenters. The molecule has 1 aromatic carbocycles. The number of aryl methyl sites for hydroxylation is 1. The molecule has 4 nitrogen and oxygen atoms in total. The summed E-state index contributed by atoms with van der Waals surface area (Å²) in [7, 11) is 0. The highest BCUT2D eigenvalue weighted by Gasteiger charge is 2.02. The standard InChI is InChI=1S/C8H11N3O/c1-5-4-6(8(9)12)2-3-7(5)11-10/h2-4,11H,10H2,1H3,(H2,9,12). The number of hydrogen-bond acceptors (Lipinski definition) is 3. The molecule has 0 aliphatic heterocycles. The maximum Gasteiger partial charge on any atom is 0.248 e. The Morgan fingerprint density at radius 3 is 2.58 bits per heavy atom. The number of hydrogen-bond donors (Lipinski definition) is 3. The van der Waals surface area contributed by atoms with Gasteiger partial charge in [-0.1, -0.05) is 0 Å². The first-order valence-electron chi connectivity index (χ1n) is 3.52. The zero-order valence-electron chi connectivity index (χ0n) is 6.79. The summed E-state index contributed by atoms with van der Waals surface area (Å²) in [4.78, 5) is 10.7. The van der Waals surface area contributed by atoms with Gasteiger partial charge >= 0.3 is 0 Å². The van der Waals surface area contributed by atoms with Gasteiger partial charge in [-0.05, 0) is 30.7 Å². The number of primary amides is 1. The zero-order chi connectivity index (χ0) is 9.14. The van der Waals surface area contributed by atoms with Gasteiger partial charge in [-0.15, -0.1) is 0 Å². The van der Waals surface area contributed by atoms with Crippen LogP contribution in [0.2, 0.25) is 0 Å². The summed E-state index contributed by atoms with van der Waals surface area (Å²) in [6.07, 6.45) is 0. The van der Waals surface area contributed by atoms with Crippen LogP contribution in [0.1, 0.15) is 15.9 Å². The van der Waals surface area contributed by atoms with Crippen LogP contribution in [0.4, 0.5) is 5.69 Å². The largest absolute Gasteiger partial charge is 0.366 e. The van der Waals surface area contributed by atoms with Crippen molar-refractivity contribution < 1.29 is 4.79 Å². The van der Waals surface area contributed by atoms with Crippen molar-refractivity contribution in [3.63, 3.8) is 0 Å². The smallest absolute Gasteiger partial charge is 0.248 e. The van der Waals surface area contributed by atoms with E-state index in [2.05, 4.69) is 5.43 Å². The maximum absolute atomic E-state index is 10.7. The molecule has 0 fully saturated rings. The van der Waals surface area contributed by atoms with Crippen LogP contribution < -0.4 is 17.0 Å². The van der Waals surface area contributed by atoms with Crippen molar-refractivity contribution in [3.05, 3.63) is 29.3 Å². The van der Waals surface area contributed by atoms with E-state index in [9.17, 15) is 4.79 Å². The van der Waals surface area contributed by atoms with Gasteiger partial charge in [0.2, 0.25) is 5.91 Å². The number of benzene rings is 1. The third-order valence-corrected chi connectivity index (χ3v) is 1.67. The minimum atomic E-state index is -0.429. The molecule has 4 heteroatoms. The lowest BCUT2D eigenvalue weighted by molar-refractivity contribution is 0.100. The molecule has 5 N–H and O–H groups in total. The van der Waals surface area contributed by atoms with Gasteiger partial charge in [0.15, 0.2) is 0 Å². The molecule has 0 saturated heterocycles. The molecule has 0 unspecified atom stereocenters. The molecule has 64 valence electrons. The predicted octanol–water partition coefficient (Wildman–Crippen LogP) is 0.380. The van der Waals surface area contributed by atoms with Gasteiger partial charge in [-0.3, -0.25) is 10.6 Å². The molecule has 12 heavy (non-hydrogen) atoms. The van der Waals surface area contributed by atoms with Crippen molar-refractivity contribution in [1.29, 1.82) is 0 Å². The van der Waals surface area contributed by atoms with Crippen molar-refractivity contribution in [2.24, 2.45) is 11.6 Å². The minimum Gasteiger partial charge on any atom is -0.366 e. The Morgan fingerprint density at radius 2 is 2.17 bits per heavy atom. The SMILES string of the molecule is Cc1cc(C(N)=O)ccc1NN. The van der Waals surface area contributed by atoms with Crippen molar-refractivity contribution in [2.75, 3.05) is 5.43 Å². The van der Waals surface area contributed by atoms with Gasteiger partial charge in [0, 0.05) is 5.56 Å². The lowest BCUT2D eigenvalue weighted by Crippen LogP contribution is -2.13. The summed E-state index contributed by atoms with van der Waals surface area (Å²) in [6.45, 7) is 1.85. The summed E-state index contributed by atoms with van der Waals surface area (Å²) in [5.74, 6) is 4.78. The molecule has 0 spiro atoms. The fourth-order valence-corrected chi connectivity index (χ4v) is 0.979. The normalized spacial score (nSPS) is 9.50. The average molecular weight is 165 g/mol. The molecule has 0 aromatic heterocycles. The van der Waals surface area contributed by atoms with Crippen molar-refractivity contribution in [3.8, 4) is 0 Å². The summed E-state index contributed by atoms with van der Waals surface area (Å²) in [6, 6.07) is 5.04. The highest BCUT2D eigenvalue weighted by Crippen LogP contribution is 2.14. The predicted molar refractivity (Wildman–Crippen MR) is 47.5 cm³/mol. The average Bonchev–Trinajstić information content (AvgIpc) is 2.04. The number of carbonyl (C=O) groups excluding carboxylic acids is 1. The van der Waals surface area contributed by atoms with Gasteiger partial charge < -0.3 is 11.2 Å². The Hall–Kier alpha value is -1.55. The van der Waals surface area contributed by atoms with E-state index in [-0.39, 0.29) is 0 Å². The van der Waals surface area contributed by atoms with E-state index in [1.807, 2.05) is 6.92 Å². The van der Waals surface area contributed by atoms with Gasteiger partial charge in [-0.25, -0.2) is 0 Å². The van der Waals surface area contributed by atoms with Crippen LogP contribution in [-0.2, 0) is 0 Å². The third-order valence-electron chi connectivity index (χ3n) is 1.67. The topological polar surface area (TPSA) is 81.1 Å². The maximum atomic E-state index is 10.7. The first kappa shape index (κ1) is 8.55. The Labute approximate surface area is 70.5 Å². The van der Waals surface area contributed by atoms with E-state index < -0.39 is 5.91 Å². The highest BCUT2D eigenvalue weighted by molar-refractivity contribution is 5.93. The molecular formula is C8H11N3O. The summed E-state index contributed by atoms with van der Waals surface area (Å²) in [5, 5.41) is 0. The second-order valence-electron chi connectivity index (χ2n) is 2.54. The van der Waals surface area contributed by atoms with Gasteiger partial charge in [0.25, 0.3) is 0 Å². The second-order valence-corrected chi connectivity index (χ2v) is 2.54. The molecular weight excluding hydrogens is 154 g/mol. The number of rotatable bonds is 2. The van der Waals surface area contributed by atoms with E-state index in [4.69, 9.17) is 11.6 Å². The third kappa shape index (κ3) is 1.54. The van der Waals surface area contributed by atoms with Crippen LogP contribution in [0.25, 0.3) is 0 Å². The number of nitrogens with two attached hydrogens (primary N) is 2. The van der Waals surface area contributed by atoms with Crippen LogP contribution in [0.5, 0.6) is 0 Å². The Balaban J connectivity index is 3.10. The van der Waals surface area contributed by atoms with E-state index >= 15 is 0 Å². The van der Waals surface area contributed by atoms with E-state index in [0.717, 1.165) is 11.3 Å². The minimum absolute atomic E-state index is 0.429. The quantitative estimate of drug-likeness (QED) is 0.437. The van der Waals surface area contributed by atoms with Crippen LogP contribution in [-0.4, -0.2) is 5.91 Å². The van der Waals surface area contributed by atoms with Gasteiger partial charge in [-0.2, -0.15) is 0 Å². The molecule has 1 aromatic rings. The van der Waals surface area contributed by atoms with E-state index in [1.54, 1.807) is 18.2 Å². The first-order valence-corrected chi connectivity index (χ1v) is 3.52. The molecule has 0 bridgehead atoms. The fourth-order valence-electron chi connectivity index (χ4n) is 0.979. The number of nitrogens with one attached hydrogen (secondary N) is 1. The Kier molecular flexibility index (Phi) is 2.30. The second kappa shape index (κ2) is 3.23. The number of hydrazine groups is 1. The van der Waals surface area contributed by atoms with Crippen LogP contribution in [0.15, 0.2) is 18.2 Å². The monoisotopic (exact) mass is 165 g/mol. The highest BCUT2D eigenvalue weighted by atomic mass is 16.1. The number of carbonyl (C=O) groups is 1. The molecule has 1 rings (SSSR count). The van der Waals surface area contributed by atoms with E-state index in [1.165, 1.54) is 0 Å². The lowest BCUT2D eigenvalue weighted by atomic mass is 10.1. The molecule has 0 heterocycles. The van der Waals surface area contributed by atoms with Crippen molar-refractivity contribution >= 4 is 11.6 Å². The Bertz CT molecular complexity index is 309. The lowest BCUT2D eigenvalue weighted by Gasteiger charge is -2.04. The molecule has 0 aliphatic carbocycles. The van der Waals surface area contributed by atoms with Crippen LogP contribution in [0.3, 0.4) is 0 Å². The summed E-state index contributed by atoms with van der Waals surface area (Å²) in [5.41, 5.74) is 9.77. The van der Waals surface area contributed by atoms with E-state index in [0.29, 0.717) is 5.56 Å². The zero-order valence-corrected chi connectivity index (χ0v) is 6.79. The molecule has 0 aliphatic rings. The number of anilines is 1. The molecule has 0 saturated carbocycles. The number of amides is 1. The van der Waals surface area contributed by atoms with Crippen molar-refractivity contribution in [2.45, 2.75) is 6.92 Å². The number of nitrogen functional groups attached to an aromatic ring is 1. The molecule has 0 radical (unpaired) electrons. The van der Waals surface area contributed by atoms with Gasteiger partial charge in [0.05, 0.1) is 5.69 Å². The first-order chi connectivity index (χ1) is 5.65. The summed E-state index contributed by atoms with van der Waals surface area (Å²) >= 11 is 0. The van der Waals surface area contributed by atoms with Crippen molar-refractivity contribution in [1.82, 2.24) is 0 Å². The van der Waals surface area contributed by atoms with Crippen LogP contribution >= 0.6 is 0 Å². The summed E-state index contributed by atoms with van der Waals surface area (Å²) < 4.78 is 0. The fraction of sp³-hybridized carbons (Fsp3) is 0.125.